The Hall–Kier alpha value is -2.50. The molecule has 1 amide bonds. The van der Waals surface area contributed by atoms with E-state index in [1.54, 1.807) is 6.92 Å². The quantitative estimate of drug-likeness (QED) is 0.514. The molecule has 1 saturated carbocycles. The number of aliphatic hydroxyl groups excluding tert-OH is 1. The summed E-state index contributed by atoms with van der Waals surface area (Å²) in [5.41, 5.74) is -1.46. The van der Waals surface area contributed by atoms with Crippen molar-refractivity contribution in [1.82, 2.24) is 20.2 Å². The molecule has 1 aromatic carbocycles. The summed E-state index contributed by atoms with van der Waals surface area (Å²) < 4.78 is 39.1. The van der Waals surface area contributed by atoms with Gasteiger partial charge in [0.15, 0.2) is 0 Å². The van der Waals surface area contributed by atoms with Crippen molar-refractivity contribution in [3.63, 3.8) is 0 Å². The highest BCUT2D eigenvalue weighted by molar-refractivity contribution is 5.91. The highest BCUT2D eigenvalue weighted by Crippen LogP contribution is 2.35. The van der Waals surface area contributed by atoms with Crippen LogP contribution in [0, 0.1) is 0 Å². The van der Waals surface area contributed by atoms with Crippen LogP contribution in [0.1, 0.15) is 38.2 Å². The van der Waals surface area contributed by atoms with E-state index < -0.39 is 23.4 Å². The van der Waals surface area contributed by atoms with Gasteiger partial charge in [-0.05, 0) is 50.8 Å². The summed E-state index contributed by atoms with van der Waals surface area (Å²) in [6.45, 7) is 2.90. The average Bonchev–Trinajstić information content (AvgIpc) is 2.74. The molecule has 1 unspecified atom stereocenters. The van der Waals surface area contributed by atoms with Gasteiger partial charge in [0.05, 0.1) is 35.4 Å². The van der Waals surface area contributed by atoms with Gasteiger partial charge in [-0.25, -0.2) is 9.97 Å². The standard InChI is InChI=1S/C22H28F3N5O3/c1-13(31)21(33)6-4-16(5-7-21)30-10-15(11-30)29-19(32)9-26-20-17-8-14(22(23,24)25)2-3-18(17)27-12-28-20/h2-3,8,12-13,15-16,31,33H,4-7,9-11H2,1H3,(H,29,32)(H,26,27,28). The van der Waals surface area contributed by atoms with Crippen LogP contribution in [0.4, 0.5) is 19.0 Å². The largest absolute Gasteiger partial charge is 0.416 e. The normalized spacial score (nSPS) is 25.5. The smallest absolute Gasteiger partial charge is 0.390 e. The first-order chi connectivity index (χ1) is 15.5. The van der Waals surface area contributed by atoms with Gasteiger partial charge < -0.3 is 20.8 Å². The predicted octanol–water partition coefficient (Wildman–Crippen LogP) is 1.92. The molecule has 2 aromatic rings. The molecule has 4 N–H and O–H groups in total. The number of hydrogen-bond donors (Lipinski definition) is 4. The lowest BCUT2D eigenvalue weighted by Crippen LogP contribution is -2.63. The first kappa shape index (κ1) is 23.7. The van der Waals surface area contributed by atoms with Crippen LogP contribution in [0.5, 0.6) is 0 Å². The molecule has 2 heterocycles. The average molecular weight is 467 g/mol. The molecule has 8 nitrogen and oxygen atoms in total. The van der Waals surface area contributed by atoms with Crippen molar-refractivity contribution < 1.29 is 28.2 Å². The van der Waals surface area contributed by atoms with Crippen molar-refractivity contribution in [2.45, 2.75) is 62.6 Å². The molecule has 0 bridgehead atoms. The summed E-state index contributed by atoms with van der Waals surface area (Å²) in [6.07, 6.45) is -1.30. The zero-order chi connectivity index (χ0) is 23.8. The van der Waals surface area contributed by atoms with Crippen LogP contribution in [0.2, 0.25) is 0 Å². The van der Waals surface area contributed by atoms with Gasteiger partial charge in [-0.3, -0.25) is 9.69 Å². The van der Waals surface area contributed by atoms with Gasteiger partial charge in [-0.15, -0.1) is 0 Å². The second kappa shape index (κ2) is 9.03. The summed E-state index contributed by atoms with van der Waals surface area (Å²) in [4.78, 5) is 22.6. The van der Waals surface area contributed by atoms with Gasteiger partial charge in [0.1, 0.15) is 12.1 Å². The van der Waals surface area contributed by atoms with Crippen molar-refractivity contribution in [2.75, 3.05) is 25.0 Å². The molecule has 2 fully saturated rings. The monoisotopic (exact) mass is 467 g/mol. The van der Waals surface area contributed by atoms with Crippen LogP contribution < -0.4 is 10.6 Å². The number of benzene rings is 1. The lowest BCUT2D eigenvalue weighted by molar-refractivity contribution is -0.137. The fourth-order valence-corrected chi connectivity index (χ4v) is 4.60. The van der Waals surface area contributed by atoms with Crippen LogP contribution in [0.15, 0.2) is 24.5 Å². The fourth-order valence-electron chi connectivity index (χ4n) is 4.60. The topological polar surface area (TPSA) is 111 Å². The van der Waals surface area contributed by atoms with Gasteiger partial charge >= 0.3 is 6.18 Å². The van der Waals surface area contributed by atoms with E-state index in [1.165, 1.54) is 12.4 Å². The number of aromatic nitrogens is 2. The molecule has 1 aliphatic carbocycles. The molecule has 0 radical (unpaired) electrons. The van der Waals surface area contributed by atoms with Crippen LogP contribution >= 0.6 is 0 Å². The zero-order valence-corrected chi connectivity index (χ0v) is 18.3. The zero-order valence-electron chi connectivity index (χ0n) is 18.3. The third-order valence-corrected chi connectivity index (χ3v) is 6.77. The van der Waals surface area contributed by atoms with E-state index in [2.05, 4.69) is 25.5 Å². The number of hydrogen-bond acceptors (Lipinski definition) is 7. The lowest BCUT2D eigenvalue weighted by Gasteiger charge is -2.48. The van der Waals surface area contributed by atoms with Gasteiger partial charge in [-0.1, -0.05) is 0 Å². The number of nitrogens with zero attached hydrogens (tertiary/aromatic N) is 3. The number of nitrogens with one attached hydrogen (secondary N) is 2. The van der Waals surface area contributed by atoms with Crippen molar-refractivity contribution in [1.29, 1.82) is 0 Å². The molecule has 1 aromatic heterocycles. The van der Waals surface area contributed by atoms with E-state index in [1.807, 2.05) is 0 Å². The Labute approximate surface area is 189 Å². The Morgan fingerprint density at radius 3 is 2.61 bits per heavy atom. The Morgan fingerprint density at radius 2 is 1.97 bits per heavy atom. The Balaban J connectivity index is 1.26. The summed E-state index contributed by atoms with van der Waals surface area (Å²) in [6, 6.07) is 3.54. The van der Waals surface area contributed by atoms with Gasteiger partial charge in [-0.2, -0.15) is 13.2 Å². The van der Waals surface area contributed by atoms with Crippen molar-refractivity contribution >= 4 is 22.6 Å². The number of likely N-dealkylation sites (tertiary alicyclic amines) is 1. The van der Waals surface area contributed by atoms with E-state index in [-0.39, 0.29) is 29.7 Å². The Morgan fingerprint density at radius 1 is 1.27 bits per heavy atom. The number of aliphatic hydroxyl groups is 2. The number of halogens is 3. The third kappa shape index (κ3) is 5.20. The number of anilines is 1. The summed E-state index contributed by atoms with van der Waals surface area (Å²) in [5.74, 6) is -0.102. The lowest BCUT2D eigenvalue weighted by atomic mass is 9.78. The molecule has 0 spiro atoms. The number of carbonyl (C=O) groups excluding carboxylic acids is 1. The molecular formula is C22H28F3N5O3. The van der Waals surface area contributed by atoms with E-state index in [4.69, 9.17) is 0 Å². The van der Waals surface area contributed by atoms with Crippen LogP contribution in [-0.4, -0.2) is 74.4 Å². The number of fused-ring (bicyclic) bond motifs is 1. The number of rotatable bonds is 6. The minimum atomic E-state index is -4.48. The van der Waals surface area contributed by atoms with Gasteiger partial charge in [0.25, 0.3) is 0 Å². The Kier molecular flexibility index (Phi) is 6.47. The molecular weight excluding hydrogens is 439 g/mol. The number of carbonyl (C=O) groups is 1. The molecule has 180 valence electrons. The molecule has 1 saturated heterocycles. The molecule has 11 heteroatoms. The molecule has 4 rings (SSSR count). The predicted molar refractivity (Wildman–Crippen MR) is 115 cm³/mol. The minimum absolute atomic E-state index is 0.00384. The molecule has 33 heavy (non-hydrogen) atoms. The number of amides is 1. The van der Waals surface area contributed by atoms with Crippen LogP contribution in [0.3, 0.4) is 0 Å². The highest BCUT2D eigenvalue weighted by atomic mass is 19.4. The van der Waals surface area contributed by atoms with Gasteiger partial charge in [0, 0.05) is 24.5 Å². The molecule has 1 aliphatic heterocycles. The maximum atomic E-state index is 13.0. The molecule has 2 aliphatic rings. The minimum Gasteiger partial charge on any atom is -0.390 e. The summed E-state index contributed by atoms with van der Waals surface area (Å²) in [5, 5.41) is 26.1. The third-order valence-electron chi connectivity index (χ3n) is 6.77. The first-order valence-corrected chi connectivity index (χ1v) is 11.0. The maximum absolute atomic E-state index is 13.0. The Bertz CT molecular complexity index is 1000. The van der Waals surface area contributed by atoms with Crippen LogP contribution in [-0.2, 0) is 11.0 Å². The number of alkyl halides is 3. The second-order valence-corrected chi connectivity index (χ2v) is 9.03. The van der Waals surface area contributed by atoms with E-state index in [0.717, 1.165) is 25.0 Å². The fraction of sp³-hybridized carbons (Fsp3) is 0.591. The van der Waals surface area contributed by atoms with E-state index >= 15 is 0 Å². The summed E-state index contributed by atoms with van der Waals surface area (Å²) in [7, 11) is 0. The first-order valence-electron chi connectivity index (χ1n) is 11.0. The van der Waals surface area contributed by atoms with E-state index in [0.29, 0.717) is 37.5 Å². The van der Waals surface area contributed by atoms with Crippen LogP contribution in [0.25, 0.3) is 10.9 Å². The van der Waals surface area contributed by atoms with Gasteiger partial charge in [0.2, 0.25) is 5.91 Å². The molecule has 1 atom stereocenters. The summed E-state index contributed by atoms with van der Waals surface area (Å²) >= 11 is 0. The van der Waals surface area contributed by atoms with Crippen molar-refractivity contribution in [2.24, 2.45) is 0 Å². The maximum Gasteiger partial charge on any atom is 0.416 e. The second-order valence-electron chi connectivity index (χ2n) is 9.03. The van der Waals surface area contributed by atoms with Crippen molar-refractivity contribution in [3.8, 4) is 0 Å². The highest BCUT2D eigenvalue weighted by Gasteiger charge is 2.41. The van der Waals surface area contributed by atoms with E-state index in [9.17, 15) is 28.2 Å². The SMILES string of the molecule is CC(O)C1(O)CCC(N2CC(NC(=O)CNc3ncnc4ccc(C(F)(F)F)cc34)C2)CC1. The van der Waals surface area contributed by atoms with Crippen molar-refractivity contribution in [3.05, 3.63) is 30.1 Å².